The van der Waals surface area contributed by atoms with Gasteiger partial charge in [0.2, 0.25) is 5.91 Å². The second-order valence-corrected chi connectivity index (χ2v) is 5.07. The molecule has 0 atom stereocenters. The van der Waals surface area contributed by atoms with Gasteiger partial charge >= 0.3 is 0 Å². The van der Waals surface area contributed by atoms with Crippen LogP contribution in [0.15, 0.2) is 0 Å². The molecule has 2 aliphatic rings. The minimum absolute atomic E-state index is 0. The average Bonchev–Trinajstić information content (AvgIpc) is 3.13. The summed E-state index contributed by atoms with van der Waals surface area (Å²) in [7, 11) is 3.96. The molecule has 0 aromatic carbocycles. The summed E-state index contributed by atoms with van der Waals surface area (Å²) in [5.41, 5.74) is 0. The van der Waals surface area contributed by atoms with Crippen molar-refractivity contribution in [3.8, 4) is 0 Å². The van der Waals surface area contributed by atoms with E-state index in [2.05, 4.69) is 10.2 Å². The Labute approximate surface area is 110 Å². The molecule has 1 N–H and O–H groups in total. The van der Waals surface area contributed by atoms with Crippen LogP contribution in [0, 0.1) is 0 Å². The Bertz CT molecular complexity index is 250. The Morgan fingerprint density at radius 3 is 2.35 bits per heavy atom. The van der Waals surface area contributed by atoms with E-state index in [4.69, 9.17) is 0 Å². The Balaban J connectivity index is 0.00000144. The zero-order valence-electron chi connectivity index (χ0n) is 10.8. The molecule has 2 rings (SSSR count). The van der Waals surface area contributed by atoms with Crippen molar-refractivity contribution in [1.82, 2.24) is 15.1 Å². The zero-order chi connectivity index (χ0) is 11.5. The van der Waals surface area contributed by atoms with Crippen molar-refractivity contribution < 1.29 is 4.79 Å². The van der Waals surface area contributed by atoms with Crippen molar-refractivity contribution in [3.05, 3.63) is 0 Å². The molecule has 0 aromatic heterocycles. The largest absolute Gasteiger partial charge is 0.342 e. The Kier molecular flexibility index (Phi) is 5.70. The van der Waals surface area contributed by atoms with Crippen LogP contribution in [0.2, 0.25) is 0 Å². The molecule has 0 aromatic rings. The van der Waals surface area contributed by atoms with Crippen LogP contribution < -0.4 is 5.32 Å². The van der Waals surface area contributed by atoms with E-state index >= 15 is 0 Å². The highest BCUT2D eigenvalue weighted by Crippen LogP contribution is 2.25. The van der Waals surface area contributed by atoms with Gasteiger partial charge in [-0.15, -0.1) is 12.4 Å². The van der Waals surface area contributed by atoms with E-state index in [-0.39, 0.29) is 12.4 Å². The van der Waals surface area contributed by atoms with Gasteiger partial charge in [-0.1, -0.05) is 0 Å². The second kappa shape index (κ2) is 6.57. The number of carbonyl (C=O) groups excluding carboxylic acids is 1. The molecule has 1 amide bonds. The fourth-order valence-electron chi connectivity index (χ4n) is 2.35. The summed E-state index contributed by atoms with van der Waals surface area (Å²) >= 11 is 0. The number of likely N-dealkylation sites (tertiary alicyclic amines) is 1. The maximum Gasteiger partial charge on any atom is 0.236 e. The van der Waals surface area contributed by atoms with E-state index in [1.54, 1.807) is 0 Å². The van der Waals surface area contributed by atoms with Gasteiger partial charge in [0.25, 0.3) is 0 Å². The van der Waals surface area contributed by atoms with Gasteiger partial charge in [0.05, 0.1) is 6.54 Å². The molecular weight excluding hydrogens is 238 g/mol. The Hall–Kier alpha value is -0.320. The molecule has 17 heavy (non-hydrogen) atoms. The average molecular weight is 262 g/mol. The molecule has 1 saturated heterocycles. The van der Waals surface area contributed by atoms with Crippen molar-refractivity contribution in [1.29, 1.82) is 0 Å². The van der Waals surface area contributed by atoms with Crippen molar-refractivity contribution in [2.24, 2.45) is 0 Å². The molecule has 5 heteroatoms. The molecular formula is C12H24ClN3O. The number of piperidine rings is 1. The molecule has 0 unspecified atom stereocenters. The third-order valence-corrected chi connectivity index (χ3v) is 3.84. The van der Waals surface area contributed by atoms with Crippen LogP contribution in [0.1, 0.15) is 25.7 Å². The first-order valence-corrected chi connectivity index (χ1v) is 6.36. The highest BCUT2D eigenvalue weighted by Gasteiger charge is 2.30. The summed E-state index contributed by atoms with van der Waals surface area (Å²) in [4.78, 5) is 16.1. The van der Waals surface area contributed by atoms with Crippen LogP contribution in [-0.4, -0.2) is 61.5 Å². The molecule has 0 spiro atoms. The summed E-state index contributed by atoms with van der Waals surface area (Å²) in [6, 6.07) is 1.19. The van der Waals surface area contributed by atoms with Gasteiger partial charge in [-0.3, -0.25) is 9.69 Å². The highest BCUT2D eigenvalue weighted by atomic mass is 35.5. The first-order valence-electron chi connectivity index (χ1n) is 6.36. The second-order valence-electron chi connectivity index (χ2n) is 5.07. The van der Waals surface area contributed by atoms with Crippen molar-refractivity contribution in [2.45, 2.75) is 37.8 Å². The Morgan fingerprint density at radius 1 is 1.29 bits per heavy atom. The molecule has 2 fully saturated rings. The van der Waals surface area contributed by atoms with Crippen LogP contribution in [0.3, 0.4) is 0 Å². The first kappa shape index (κ1) is 14.7. The van der Waals surface area contributed by atoms with Crippen molar-refractivity contribution in [2.75, 3.05) is 33.7 Å². The van der Waals surface area contributed by atoms with E-state index in [1.165, 1.54) is 12.8 Å². The SMILES string of the molecule is CNC1CCN(CC(=O)N(C)C2CC2)CC1.Cl. The number of halogens is 1. The monoisotopic (exact) mass is 261 g/mol. The van der Waals surface area contributed by atoms with Gasteiger partial charge in [0, 0.05) is 32.2 Å². The van der Waals surface area contributed by atoms with Gasteiger partial charge in [0.1, 0.15) is 0 Å². The molecule has 1 saturated carbocycles. The van der Waals surface area contributed by atoms with Crippen molar-refractivity contribution in [3.63, 3.8) is 0 Å². The van der Waals surface area contributed by atoms with Crippen LogP contribution >= 0.6 is 12.4 Å². The summed E-state index contributed by atoms with van der Waals surface area (Å²) < 4.78 is 0. The lowest BCUT2D eigenvalue weighted by Crippen LogP contribution is -2.46. The van der Waals surface area contributed by atoms with E-state index in [1.807, 2.05) is 19.0 Å². The predicted molar refractivity (Wildman–Crippen MR) is 71.6 cm³/mol. The zero-order valence-corrected chi connectivity index (χ0v) is 11.6. The molecule has 0 radical (unpaired) electrons. The fourth-order valence-corrected chi connectivity index (χ4v) is 2.35. The third kappa shape index (κ3) is 4.12. The number of nitrogens with zero attached hydrogens (tertiary/aromatic N) is 2. The maximum atomic E-state index is 11.9. The molecule has 4 nitrogen and oxygen atoms in total. The number of amides is 1. The summed E-state index contributed by atoms with van der Waals surface area (Å²) in [6.45, 7) is 2.72. The molecule has 1 aliphatic heterocycles. The number of hydrogen-bond donors (Lipinski definition) is 1. The maximum absolute atomic E-state index is 11.9. The van der Waals surface area contributed by atoms with E-state index in [0.717, 1.165) is 25.9 Å². The third-order valence-electron chi connectivity index (χ3n) is 3.84. The first-order chi connectivity index (χ1) is 7.70. The van der Waals surface area contributed by atoms with E-state index in [9.17, 15) is 4.79 Å². The lowest BCUT2D eigenvalue weighted by molar-refractivity contribution is -0.131. The van der Waals surface area contributed by atoms with Crippen molar-refractivity contribution >= 4 is 18.3 Å². The topological polar surface area (TPSA) is 35.6 Å². The number of nitrogens with one attached hydrogen (secondary N) is 1. The molecule has 1 aliphatic carbocycles. The normalized spacial score (nSPS) is 22.0. The molecule has 100 valence electrons. The van der Waals surface area contributed by atoms with E-state index in [0.29, 0.717) is 24.5 Å². The number of hydrogen-bond acceptors (Lipinski definition) is 3. The fraction of sp³-hybridized carbons (Fsp3) is 0.917. The number of rotatable bonds is 4. The Morgan fingerprint density at radius 2 is 1.88 bits per heavy atom. The van der Waals surface area contributed by atoms with E-state index < -0.39 is 0 Å². The lowest BCUT2D eigenvalue weighted by Gasteiger charge is -2.32. The summed E-state index contributed by atoms with van der Waals surface area (Å²) in [5, 5.41) is 3.31. The smallest absolute Gasteiger partial charge is 0.236 e. The molecule has 0 bridgehead atoms. The van der Waals surface area contributed by atoms with Crippen LogP contribution in [0.4, 0.5) is 0 Å². The predicted octanol–water partition coefficient (Wildman–Crippen LogP) is 0.713. The van der Waals surface area contributed by atoms with Gasteiger partial charge in [-0.2, -0.15) is 0 Å². The van der Waals surface area contributed by atoms with Crippen LogP contribution in [0.5, 0.6) is 0 Å². The quantitative estimate of drug-likeness (QED) is 0.810. The summed E-state index contributed by atoms with van der Waals surface area (Å²) in [5.74, 6) is 0.297. The van der Waals surface area contributed by atoms with Crippen LogP contribution in [0.25, 0.3) is 0 Å². The van der Waals surface area contributed by atoms with Gasteiger partial charge in [0.15, 0.2) is 0 Å². The highest BCUT2D eigenvalue weighted by molar-refractivity contribution is 5.85. The lowest BCUT2D eigenvalue weighted by atomic mass is 10.1. The minimum Gasteiger partial charge on any atom is -0.342 e. The number of carbonyl (C=O) groups is 1. The molecule has 1 heterocycles. The van der Waals surface area contributed by atoms with Crippen LogP contribution in [-0.2, 0) is 4.79 Å². The minimum atomic E-state index is 0. The standard InChI is InChI=1S/C12H23N3O.ClH/c1-13-10-5-7-15(8-6-10)9-12(16)14(2)11-3-4-11;/h10-11,13H,3-9H2,1-2H3;1H. The van der Waals surface area contributed by atoms with Gasteiger partial charge < -0.3 is 10.2 Å². The summed E-state index contributed by atoms with van der Waals surface area (Å²) in [6.07, 6.45) is 4.72. The van der Waals surface area contributed by atoms with Gasteiger partial charge in [-0.05, 0) is 32.7 Å². The van der Waals surface area contributed by atoms with Gasteiger partial charge in [-0.25, -0.2) is 0 Å². The number of likely N-dealkylation sites (N-methyl/N-ethyl adjacent to an activating group) is 1.